The maximum Gasteiger partial charge on any atom is 0.0593 e. The Morgan fingerprint density at radius 1 is 1.21 bits per heavy atom. The van der Waals surface area contributed by atoms with Crippen molar-refractivity contribution in [3.63, 3.8) is 0 Å². The van der Waals surface area contributed by atoms with Gasteiger partial charge in [-0.25, -0.2) is 0 Å². The molecule has 0 spiro atoms. The van der Waals surface area contributed by atoms with Crippen LogP contribution >= 0.6 is 0 Å². The first-order valence-electron chi connectivity index (χ1n) is 7.49. The molecule has 1 unspecified atom stereocenters. The van der Waals surface area contributed by atoms with Crippen molar-refractivity contribution in [1.82, 2.24) is 10.2 Å². The molecule has 1 saturated heterocycles. The summed E-state index contributed by atoms with van der Waals surface area (Å²) in [5.74, 6) is 0. The Bertz CT molecular complexity index is 334. The van der Waals surface area contributed by atoms with E-state index in [2.05, 4.69) is 47.5 Å². The fourth-order valence-corrected chi connectivity index (χ4v) is 2.63. The molecule has 0 aliphatic carbocycles. The van der Waals surface area contributed by atoms with Gasteiger partial charge in [-0.15, -0.1) is 0 Å². The molecule has 1 N–H and O–H groups in total. The van der Waals surface area contributed by atoms with Gasteiger partial charge in [-0.2, -0.15) is 0 Å². The van der Waals surface area contributed by atoms with Gasteiger partial charge in [-0.1, -0.05) is 37.3 Å². The average molecular weight is 262 g/mol. The Labute approximate surface area is 116 Å². The summed E-state index contributed by atoms with van der Waals surface area (Å²) in [6.07, 6.45) is 2.32. The molecule has 0 aromatic heterocycles. The summed E-state index contributed by atoms with van der Waals surface area (Å²) in [7, 11) is 0. The van der Waals surface area contributed by atoms with E-state index in [-0.39, 0.29) is 0 Å². The van der Waals surface area contributed by atoms with Gasteiger partial charge in [-0.3, -0.25) is 4.90 Å². The molecule has 106 valence electrons. The van der Waals surface area contributed by atoms with Crippen LogP contribution in [0.1, 0.15) is 31.4 Å². The Morgan fingerprint density at radius 3 is 2.84 bits per heavy atom. The average Bonchev–Trinajstić information content (AvgIpc) is 2.74. The van der Waals surface area contributed by atoms with Crippen LogP contribution in [0.25, 0.3) is 0 Å². The first-order valence-corrected chi connectivity index (χ1v) is 7.49. The quantitative estimate of drug-likeness (QED) is 0.797. The molecule has 0 bridgehead atoms. The second kappa shape index (κ2) is 8.31. The largest absolute Gasteiger partial charge is 0.380 e. The summed E-state index contributed by atoms with van der Waals surface area (Å²) in [6, 6.07) is 11.3. The zero-order valence-electron chi connectivity index (χ0n) is 12.0. The van der Waals surface area contributed by atoms with Crippen molar-refractivity contribution in [3.8, 4) is 0 Å². The number of rotatable bonds is 6. The lowest BCUT2D eigenvalue weighted by molar-refractivity contribution is 0.131. The Hall–Kier alpha value is -0.900. The fraction of sp³-hybridized carbons (Fsp3) is 0.625. The van der Waals surface area contributed by atoms with E-state index in [1.807, 2.05) is 0 Å². The summed E-state index contributed by atoms with van der Waals surface area (Å²) in [4.78, 5) is 2.56. The van der Waals surface area contributed by atoms with E-state index >= 15 is 0 Å². The third kappa shape index (κ3) is 4.60. The zero-order valence-corrected chi connectivity index (χ0v) is 12.0. The van der Waals surface area contributed by atoms with Crippen LogP contribution in [-0.4, -0.2) is 44.3 Å². The van der Waals surface area contributed by atoms with Crippen LogP contribution in [0.15, 0.2) is 30.3 Å². The second-order valence-electron chi connectivity index (χ2n) is 5.13. The van der Waals surface area contributed by atoms with Crippen LogP contribution in [-0.2, 0) is 4.74 Å². The molecule has 1 aliphatic heterocycles. The van der Waals surface area contributed by atoms with Gasteiger partial charge in [0.15, 0.2) is 0 Å². The first kappa shape index (κ1) is 14.5. The van der Waals surface area contributed by atoms with Gasteiger partial charge in [0, 0.05) is 32.3 Å². The number of hydrogen-bond donors (Lipinski definition) is 1. The minimum atomic E-state index is 0.467. The maximum atomic E-state index is 5.57. The van der Waals surface area contributed by atoms with Gasteiger partial charge in [0.25, 0.3) is 0 Å². The number of benzene rings is 1. The fourth-order valence-electron chi connectivity index (χ4n) is 2.63. The van der Waals surface area contributed by atoms with Gasteiger partial charge in [0.05, 0.1) is 6.61 Å². The molecular formula is C16H26N2O. The topological polar surface area (TPSA) is 24.5 Å². The van der Waals surface area contributed by atoms with E-state index in [1.54, 1.807) is 0 Å². The standard InChI is InChI=1S/C16H26N2O/c1-2-9-17-14-16(15-7-4-3-5-8-15)18-10-6-12-19-13-11-18/h3-5,7-8,16-17H,2,6,9-14H2,1H3. The number of hydrogen-bond acceptors (Lipinski definition) is 3. The van der Waals surface area contributed by atoms with Crippen molar-refractivity contribution in [1.29, 1.82) is 0 Å². The Balaban J connectivity index is 2.04. The van der Waals surface area contributed by atoms with Crippen molar-refractivity contribution in [2.24, 2.45) is 0 Å². The van der Waals surface area contributed by atoms with E-state index in [0.29, 0.717) is 6.04 Å². The molecule has 3 heteroatoms. The lowest BCUT2D eigenvalue weighted by Crippen LogP contribution is -2.37. The normalized spacial score (nSPS) is 19.0. The van der Waals surface area contributed by atoms with Gasteiger partial charge in [0.1, 0.15) is 0 Å². The monoisotopic (exact) mass is 262 g/mol. The minimum absolute atomic E-state index is 0.467. The van der Waals surface area contributed by atoms with Crippen molar-refractivity contribution >= 4 is 0 Å². The molecule has 1 aromatic rings. The summed E-state index contributed by atoms with van der Waals surface area (Å²) in [5, 5.41) is 3.57. The third-order valence-corrected chi connectivity index (χ3v) is 3.65. The molecule has 2 rings (SSSR count). The molecule has 3 nitrogen and oxygen atoms in total. The van der Waals surface area contributed by atoms with Crippen LogP contribution in [0, 0.1) is 0 Å². The van der Waals surface area contributed by atoms with Gasteiger partial charge in [0.2, 0.25) is 0 Å². The van der Waals surface area contributed by atoms with E-state index in [9.17, 15) is 0 Å². The zero-order chi connectivity index (χ0) is 13.3. The minimum Gasteiger partial charge on any atom is -0.380 e. The van der Waals surface area contributed by atoms with Crippen molar-refractivity contribution in [2.75, 3.05) is 39.4 Å². The van der Waals surface area contributed by atoms with E-state index in [4.69, 9.17) is 4.74 Å². The number of nitrogens with zero attached hydrogens (tertiary/aromatic N) is 1. The van der Waals surface area contributed by atoms with Crippen molar-refractivity contribution in [2.45, 2.75) is 25.8 Å². The molecule has 0 amide bonds. The van der Waals surface area contributed by atoms with Crippen LogP contribution in [0.3, 0.4) is 0 Å². The molecule has 1 aliphatic rings. The summed E-state index contributed by atoms with van der Waals surface area (Å²) in [6.45, 7) is 8.26. The lowest BCUT2D eigenvalue weighted by atomic mass is 10.0. The highest BCUT2D eigenvalue weighted by molar-refractivity contribution is 5.19. The van der Waals surface area contributed by atoms with Crippen molar-refractivity contribution in [3.05, 3.63) is 35.9 Å². The molecule has 1 atom stereocenters. The number of ether oxygens (including phenoxy) is 1. The van der Waals surface area contributed by atoms with Crippen molar-refractivity contribution < 1.29 is 4.74 Å². The van der Waals surface area contributed by atoms with E-state index < -0.39 is 0 Å². The van der Waals surface area contributed by atoms with Gasteiger partial charge >= 0.3 is 0 Å². The molecule has 0 radical (unpaired) electrons. The summed E-state index contributed by atoms with van der Waals surface area (Å²) >= 11 is 0. The highest BCUT2D eigenvalue weighted by Crippen LogP contribution is 2.21. The Kier molecular flexibility index (Phi) is 6.34. The highest BCUT2D eigenvalue weighted by Gasteiger charge is 2.20. The molecule has 0 saturated carbocycles. The van der Waals surface area contributed by atoms with Crippen LogP contribution < -0.4 is 5.32 Å². The highest BCUT2D eigenvalue weighted by atomic mass is 16.5. The Morgan fingerprint density at radius 2 is 2.05 bits per heavy atom. The van der Waals surface area contributed by atoms with E-state index in [1.165, 1.54) is 12.0 Å². The summed E-state index contributed by atoms with van der Waals surface area (Å²) in [5.41, 5.74) is 1.41. The number of nitrogens with one attached hydrogen (secondary N) is 1. The lowest BCUT2D eigenvalue weighted by Gasteiger charge is -2.31. The third-order valence-electron chi connectivity index (χ3n) is 3.65. The van der Waals surface area contributed by atoms with Crippen LogP contribution in [0.2, 0.25) is 0 Å². The molecule has 19 heavy (non-hydrogen) atoms. The second-order valence-corrected chi connectivity index (χ2v) is 5.13. The van der Waals surface area contributed by atoms with Crippen LogP contribution in [0.5, 0.6) is 0 Å². The maximum absolute atomic E-state index is 5.57. The van der Waals surface area contributed by atoms with Gasteiger partial charge in [-0.05, 0) is 24.9 Å². The predicted molar refractivity (Wildman–Crippen MR) is 79.4 cm³/mol. The van der Waals surface area contributed by atoms with Gasteiger partial charge < -0.3 is 10.1 Å². The molecular weight excluding hydrogens is 236 g/mol. The van der Waals surface area contributed by atoms with E-state index in [0.717, 1.165) is 45.8 Å². The molecule has 1 fully saturated rings. The van der Waals surface area contributed by atoms with Crippen LogP contribution in [0.4, 0.5) is 0 Å². The SMILES string of the molecule is CCCNCC(c1ccccc1)N1CCCOCC1. The predicted octanol–water partition coefficient (Wildman–Crippen LogP) is 2.45. The molecule has 1 aromatic carbocycles. The summed E-state index contributed by atoms with van der Waals surface area (Å²) < 4.78 is 5.57. The molecule has 1 heterocycles. The first-order chi connectivity index (χ1) is 9.42. The smallest absolute Gasteiger partial charge is 0.0593 e.